The van der Waals surface area contributed by atoms with Gasteiger partial charge in [-0.25, -0.2) is 4.79 Å². The molecule has 0 bridgehead atoms. The van der Waals surface area contributed by atoms with E-state index in [-0.39, 0.29) is 18.9 Å². The average Bonchev–Trinajstić information content (AvgIpc) is 2.21. The van der Waals surface area contributed by atoms with Gasteiger partial charge in [0.05, 0.1) is 6.61 Å². The molecule has 0 N–H and O–H groups in total. The Hall–Kier alpha value is -1.63. The lowest BCUT2D eigenvalue weighted by atomic mass is 10.3. The highest BCUT2D eigenvalue weighted by Gasteiger charge is 2.24. The molecule has 0 atom stereocenters. The first-order valence-electron chi connectivity index (χ1n) is 5.65. The van der Waals surface area contributed by atoms with Gasteiger partial charge < -0.3 is 9.57 Å². The van der Waals surface area contributed by atoms with Crippen molar-refractivity contribution in [1.29, 1.82) is 0 Å². The van der Waals surface area contributed by atoms with E-state index >= 15 is 0 Å². The van der Waals surface area contributed by atoms with Gasteiger partial charge >= 0.3 is 6.16 Å². The molecule has 1 amide bonds. The SMILES string of the molecule is C[Si](C)(C)CCOC(=O)ON1CC(=O)C=CC1=O. The highest BCUT2D eigenvalue weighted by Crippen LogP contribution is 2.08. The smallest absolute Gasteiger partial charge is 0.433 e. The first-order valence-corrected chi connectivity index (χ1v) is 9.36. The zero-order chi connectivity index (χ0) is 13.8. The Bertz CT molecular complexity index is 385. The minimum Gasteiger partial charge on any atom is -0.433 e. The van der Waals surface area contributed by atoms with Gasteiger partial charge in [0.15, 0.2) is 5.78 Å². The summed E-state index contributed by atoms with van der Waals surface area (Å²) in [6.45, 7) is 6.46. The van der Waals surface area contributed by atoms with Crippen molar-refractivity contribution in [2.45, 2.75) is 25.7 Å². The van der Waals surface area contributed by atoms with Crippen LogP contribution in [0.4, 0.5) is 4.79 Å². The number of nitrogens with zero attached hydrogens (tertiary/aromatic N) is 1. The van der Waals surface area contributed by atoms with Crippen LogP contribution in [0.1, 0.15) is 0 Å². The monoisotopic (exact) mass is 271 g/mol. The molecule has 0 radical (unpaired) electrons. The van der Waals surface area contributed by atoms with Crippen molar-refractivity contribution in [2.75, 3.05) is 13.2 Å². The molecule has 18 heavy (non-hydrogen) atoms. The van der Waals surface area contributed by atoms with Crippen molar-refractivity contribution in [2.24, 2.45) is 0 Å². The minimum atomic E-state index is -1.28. The van der Waals surface area contributed by atoms with E-state index in [1.165, 1.54) is 0 Å². The largest absolute Gasteiger partial charge is 0.533 e. The predicted octanol–water partition coefficient (Wildman–Crippen LogP) is 1.36. The first kappa shape index (κ1) is 14.4. The molecule has 6 nitrogen and oxygen atoms in total. The molecule has 0 aromatic heterocycles. The summed E-state index contributed by atoms with van der Waals surface area (Å²) in [4.78, 5) is 38.3. The van der Waals surface area contributed by atoms with Crippen molar-refractivity contribution in [3.63, 3.8) is 0 Å². The van der Waals surface area contributed by atoms with Gasteiger partial charge in [-0.15, -0.1) is 0 Å². The van der Waals surface area contributed by atoms with E-state index in [4.69, 9.17) is 4.74 Å². The lowest BCUT2D eigenvalue weighted by Crippen LogP contribution is -2.39. The molecule has 7 heteroatoms. The average molecular weight is 271 g/mol. The summed E-state index contributed by atoms with van der Waals surface area (Å²) in [5.41, 5.74) is 0. The van der Waals surface area contributed by atoms with Gasteiger partial charge in [-0.1, -0.05) is 19.6 Å². The molecule has 1 aliphatic heterocycles. The third-order valence-electron chi connectivity index (χ3n) is 2.21. The third kappa shape index (κ3) is 5.13. The summed E-state index contributed by atoms with van der Waals surface area (Å²) >= 11 is 0. The van der Waals surface area contributed by atoms with E-state index in [1.54, 1.807) is 0 Å². The summed E-state index contributed by atoms with van der Waals surface area (Å²) in [6, 6.07) is 0.814. The van der Waals surface area contributed by atoms with Crippen LogP contribution in [0.3, 0.4) is 0 Å². The lowest BCUT2D eigenvalue weighted by Gasteiger charge is -2.21. The summed E-state index contributed by atoms with van der Waals surface area (Å²) in [7, 11) is -1.28. The number of hydrogen-bond donors (Lipinski definition) is 0. The van der Waals surface area contributed by atoms with Gasteiger partial charge in [-0.05, 0) is 12.1 Å². The predicted molar refractivity (Wildman–Crippen MR) is 66.4 cm³/mol. The van der Waals surface area contributed by atoms with Gasteiger partial charge in [0, 0.05) is 14.1 Å². The van der Waals surface area contributed by atoms with Crippen LogP contribution in [0.5, 0.6) is 0 Å². The first-order chi connectivity index (χ1) is 8.28. The third-order valence-corrected chi connectivity index (χ3v) is 3.92. The molecule has 0 spiro atoms. The van der Waals surface area contributed by atoms with Crippen LogP contribution in [0, 0.1) is 0 Å². The Labute approximate surface area is 106 Å². The highest BCUT2D eigenvalue weighted by atomic mass is 28.3. The van der Waals surface area contributed by atoms with Gasteiger partial charge in [-0.3, -0.25) is 9.59 Å². The molecule has 0 aromatic rings. The Kier molecular flexibility index (Phi) is 4.66. The van der Waals surface area contributed by atoms with Crippen LogP contribution in [0.15, 0.2) is 12.2 Å². The van der Waals surface area contributed by atoms with E-state index in [0.29, 0.717) is 5.06 Å². The van der Waals surface area contributed by atoms with Crippen molar-refractivity contribution in [3.8, 4) is 0 Å². The van der Waals surface area contributed by atoms with Crippen LogP contribution < -0.4 is 0 Å². The molecule has 0 saturated heterocycles. The Balaban J connectivity index is 2.34. The van der Waals surface area contributed by atoms with Crippen molar-refractivity contribution < 1.29 is 24.0 Å². The summed E-state index contributed by atoms with van der Waals surface area (Å²) < 4.78 is 4.85. The summed E-state index contributed by atoms with van der Waals surface area (Å²) in [5, 5.41) is 0.694. The fourth-order valence-corrected chi connectivity index (χ4v) is 1.87. The van der Waals surface area contributed by atoms with E-state index in [1.807, 2.05) is 0 Å². The summed E-state index contributed by atoms with van der Waals surface area (Å²) in [6.07, 6.45) is 1.25. The van der Waals surface area contributed by atoms with Crippen LogP contribution in [0.25, 0.3) is 0 Å². The van der Waals surface area contributed by atoms with Gasteiger partial charge in [-0.2, -0.15) is 5.06 Å². The van der Waals surface area contributed by atoms with E-state index in [2.05, 4.69) is 24.5 Å². The number of ketones is 1. The van der Waals surface area contributed by atoms with E-state index < -0.39 is 20.1 Å². The van der Waals surface area contributed by atoms with Gasteiger partial charge in [0.2, 0.25) is 0 Å². The molecule has 0 unspecified atom stereocenters. The normalized spacial score (nSPS) is 15.8. The van der Waals surface area contributed by atoms with Crippen LogP contribution >= 0.6 is 0 Å². The molecule has 1 heterocycles. The topological polar surface area (TPSA) is 72.9 Å². The highest BCUT2D eigenvalue weighted by molar-refractivity contribution is 6.76. The quantitative estimate of drug-likeness (QED) is 0.570. The fourth-order valence-electron chi connectivity index (χ4n) is 1.15. The molecular weight excluding hydrogens is 254 g/mol. The second-order valence-electron chi connectivity index (χ2n) is 5.17. The molecule has 0 aromatic carbocycles. The number of carbonyl (C=O) groups excluding carboxylic acids is 3. The maximum Gasteiger partial charge on any atom is 0.533 e. The number of rotatable bonds is 4. The van der Waals surface area contributed by atoms with Crippen LogP contribution in [-0.2, 0) is 19.2 Å². The molecule has 0 fully saturated rings. The van der Waals surface area contributed by atoms with Crippen LogP contribution in [-0.4, -0.2) is 44.1 Å². The van der Waals surface area contributed by atoms with Crippen molar-refractivity contribution in [1.82, 2.24) is 5.06 Å². The zero-order valence-corrected chi connectivity index (χ0v) is 11.8. The lowest BCUT2D eigenvalue weighted by molar-refractivity contribution is -0.170. The molecular formula is C11H17NO5Si. The molecule has 100 valence electrons. The van der Waals surface area contributed by atoms with Crippen molar-refractivity contribution >= 4 is 25.9 Å². The van der Waals surface area contributed by atoms with Crippen LogP contribution in [0.2, 0.25) is 25.7 Å². The zero-order valence-electron chi connectivity index (χ0n) is 10.8. The summed E-state index contributed by atoms with van der Waals surface area (Å²) in [5.74, 6) is -0.846. The maximum absolute atomic E-state index is 11.3. The number of ether oxygens (including phenoxy) is 1. The Morgan fingerprint density at radius 1 is 1.33 bits per heavy atom. The standard InChI is InChI=1S/C11H17NO5Si/c1-18(2,3)7-6-16-11(15)17-12-8-9(13)4-5-10(12)14/h4-5H,6-8H2,1-3H3. The second-order valence-corrected chi connectivity index (χ2v) is 10.8. The Morgan fingerprint density at radius 3 is 2.61 bits per heavy atom. The number of amides is 1. The maximum atomic E-state index is 11.3. The fraction of sp³-hybridized carbons (Fsp3) is 0.545. The number of hydrogen-bond acceptors (Lipinski definition) is 5. The van der Waals surface area contributed by atoms with E-state index in [9.17, 15) is 14.4 Å². The Morgan fingerprint density at radius 2 is 2.00 bits per heavy atom. The molecule has 0 saturated carbocycles. The minimum absolute atomic E-state index is 0.264. The molecule has 1 rings (SSSR count). The van der Waals surface area contributed by atoms with Gasteiger partial charge in [0.1, 0.15) is 6.54 Å². The molecule has 1 aliphatic rings. The van der Waals surface area contributed by atoms with E-state index in [0.717, 1.165) is 18.2 Å². The number of carbonyl (C=O) groups is 3. The molecule has 0 aliphatic carbocycles. The second kappa shape index (κ2) is 5.81. The van der Waals surface area contributed by atoms with Gasteiger partial charge in [0.25, 0.3) is 5.91 Å². The number of hydroxylamine groups is 2. The van der Waals surface area contributed by atoms with Crippen molar-refractivity contribution in [3.05, 3.63) is 12.2 Å².